The van der Waals surface area contributed by atoms with E-state index < -0.39 is 26.8 Å². The molecule has 1 aromatic heterocycles. The maximum absolute atomic E-state index is 12.9. The number of sulfonamides is 1. The van der Waals surface area contributed by atoms with Crippen LogP contribution in [0.1, 0.15) is 22.4 Å². The Labute approximate surface area is 146 Å². The quantitative estimate of drug-likeness (QED) is 0.876. The van der Waals surface area contributed by atoms with Gasteiger partial charge >= 0.3 is 6.18 Å². The molecule has 0 atom stereocenters. The first kappa shape index (κ1) is 17.8. The predicted molar refractivity (Wildman–Crippen MR) is 86.7 cm³/mol. The zero-order valence-electron chi connectivity index (χ0n) is 12.5. The standard InChI is InChI=1S/C15H11ClF3N3O2S/c16-12-4-3-9(6-11(12)15(17,18)19)7-22-25(23,24)14-10-2-1-5-20-13(10)8-21-14/h1-6,22H,7-8H2. The van der Waals surface area contributed by atoms with Crippen molar-refractivity contribution in [3.8, 4) is 0 Å². The van der Waals surface area contributed by atoms with E-state index in [1.54, 1.807) is 12.1 Å². The second-order valence-electron chi connectivity index (χ2n) is 5.26. The predicted octanol–water partition coefficient (Wildman–Crippen LogP) is 3.13. The van der Waals surface area contributed by atoms with Gasteiger partial charge in [0.15, 0.2) is 5.04 Å². The van der Waals surface area contributed by atoms with Gasteiger partial charge in [0.2, 0.25) is 0 Å². The average molecular weight is 390 g/mol. The van der Waals surface area contributed by atoms with Gasteiger partial charge in [0.1, 0.15) is 0 Å². The first-order valence-corrected chi connectivity index (χ1v) is 8.88. The number of rotatable bonds is 3. The van der Waals surface area contributed by atoms with Gasteiger partial charge in [-0.2, -0.15) is 13.2 Å². The molecule has 0 fully saturated rings. The molecule has 0 unspecified atom stereocenters. The number of pyridine rings is 1. The third kappa shape index (κ3) is 3.68. The Morgan fingerprint density at radius 3 is 2.72 bits per heavy atom. The fourth-order valence-electron chi connectivity index (χ4n) is 2.37. The molecular formula is C15H11ClF3N3O2S. The smallest absolute Gasteiger partial charge is 0.265 e. The van der Waals surface area contributed by atoms with E-state index in [0.29, 0.717) is 11.3 Å². The summed E-state index contributed by atoms with van der Waals surface area (Å²) >= 11 is 5.55. The van der Waals surface area contributed by atoms with Crippen LogP contribution in [-0.4, -0.2) is 18.4 Å². The van der Waals surface area contributed by atoms with Gasteiger partial charge in [0.05, 0.1) is 22.8 Å². The molecule has 0 spiro atoms. The van der Waals surface area contributed by atoms with E-state index in [0.717, 1.165) is 12.1 Å². The summed E-state index contributed by atoms with van der Waals surface area (Å²) in [5.41, 5.74) is 0.0414. The Hall–Kier alpha value is -1.97. The highest BCUT2D eigenvalue weighted by atomic mass is 35.5. The molecule has 1 aliphatic rings. The largest absolute Gasteiger partial charge is 0.417 e. The summed E-state index contributed by atoms with van der Waals surface area (Å²) in [4.78, 5) is 8.00. The molecule has 10 heteroatoms. The Kier molecular flexibility index (Phi) is 4.56. The molecule has 1 aliphatic heterocycles. The maximum Gasteiger partial charge on any atom is 0.417 e. The molecule has 0 bridgehead atoms. The highest BCUT2D eigenvalue weighted by Crippen LogP contribution is 2.35. The van der Waals surface area contributed by atoms with Crippen LogP contribution in [0, 0.1) is 0 Å². The minimum absolute atomic E-state index is 0.130. The van der Waals surface area contributed by atoms with Crippen LogP contribution in [0.3, 0.4) is 0 Å². The number of alkyl halides is 3. The Morgan fingerprint density at radius 1 is 1.24 bits per heavy atom. The van der Waals surface area contributed by atoms with Gasteiger partial charge in [-0.1, -0.05) is 17.7 Å². The lowest BCUT2D eigenvalue weighted by Crippen LogP contribution is -2.30. The van der Waals surface area contributed by atoms with Gasteiger partial charge in [-0.05, 0) is 29.8 Å². The Morgan fingerprint density at radius 2 is 2.00 bits per heavy atom. The molecule has 0 amide bonds. The van der Waals surface area contributed by atoms with Crippen LogP contribution in [-0.2, 0) is 29.3 Å². The van der Waals surface area contributed by atoms with Crippen LogP contribution in [0.4, 0.5) is 13.2 Å². The van der Waals surface area contributed by atoms with E-state index in [2.05, 4.69) is 14.7 Å². The van der Waals surface area contributed by atoms with Gasteiger partial charge in [-0.3, -0.25) is 9.98 Å². The van der Waals surface area contributed by atoms with Crippen LogP contribution >= 0.6 is 11.6 Å². The number of fused-ring (bicyclic) bond motifs is 1. The number of nitrogens with one attached hydrogen (secondary N) is 1. The number of halogens is 4. The Balaban J connectivity index is 1.80. The molecule has 2 aromatic rings. The highest BCUT2D eigenvalue weighted by molar-refractivity contribution is 8.05. The SMILES string of the molecule is O=S(=O)(NCc1ccc(Cl)c(C(F)(F)F)c1)C1=NCc2ncccc21. The van der Waals surface area contributed by atoms with Crippen molar-refractivity contribution >= 4 is 26.7 Å². The summed E-state index contributed by atoms with van der Waals surface area (Å²) in [5.74, 6) is 0. The van der Waals surface area contributed by atoms with Gasteiger partial charge < -0.3 is 0 Å². The van der Waals surface area contributed by atoms with Crippen molar-refractivity contribution in [3.05, 3.63) is 63.9 Å². The second-order valence-corrected chi connectivity index (χ2v) is 7.34. The molecule has 0 saturated heterocycles. The van der Waals surface area contributed by atoms with E-state index in [1.165, 1.54) is 12.3 Å². The highest BCUT2D eigenvalue weighted by Gasteiger charge is 2.33. The van der Waals surface area contributed by atoms with Gasteiger partial charge in [0.25, 0.3) is 10.0 Å². The van der Waals surface area contributed by atoms with E-state index in [4.69, 9.17) is 11.6 Å². The van der Waals surface area contributed by atoms with E-state index in [-0.39, 0.29) is 23.7 Å². The van der Waals surface area contributed by atoms with Crippen molar-refractivity contribution in [1.29, 1.82) is 0 Å². The monoisotopic (exact) mass is 389 g/mol. The van der Waals surface area contributed by atoms with Crippen molar-refractivity contribution in [1.82, 2.24) is 9.71 Å². The fourth-order valence-corrected chi connectivity index (χ4v) is 3.79. The Bertz CT molecular complexity index is 959. The number of aliphatic imine (C=N–C) groups is 1. The third-order valence-electron chi connectivity index (χ3n) is 3.55. The van der Waals surface area contributed by atoms with E-state index >= 15 is 0 Å². The lowest BCUT2D eigenvalue weighted by atomic mass is 10.1. The van der Waals surface area contributed by atoms with Crippen molar-refractivity contribution < 1.29 is 21.6 Å². The molecular weight excluding hydrogens is 379 g/mol. The first-order chi connectivity index (χ1) is 11.7. The average Bonchev–Trinajstić information content (AvgIpc) is 2.98. The summed E-state index contributed by atoms with van der Waals surface area (Å²) in [6, 6.07) is 6.39. The van der Waals surface area contributed by atoms with Gasteiger partial charge in [-0.25, -0.2) is 13.1 Å². The first-order valence-electron chi connectivity index (χ1n) is 7.02. The third-order valence-corrected chi connectivity index (χ3v) is 5.26. The molecule has 132 valence electrons. The summed E-state index contributed by atoms with van der Waals surface area (Å²) in [5, 5.41) is -0.611. The molecule has 0 saturated carbocycles. The molecule has 1 N–H and O–H groups in total. The second kappa shape index (κ2) is 6.40. The fraction of sp³-hybridized carbons (Fsp3) is 0.200. The lowest BCUT2D eigenvalue weighted by Gasteiger charge is -2.12. The minimum Gasteiger partial charge on any atom is -0.265 e. The molecule has 5 nitrogen and oxygen atoms in total. The topological polar surface area (TPSA) is 71.4 Å². The summed E-state index contributed by atoms with van der Waals surface area (Å²) in [6.45, 7) is -0.178. The van der Waals surface area contributed by atoms with Crippen molar-refractivity contribution in [2.24, 2.45) is 4.99 Å². The lowest BCUT2D eigenvalue weighted by molar-refractivity contribution is -0.137. The molecule has 2 heterocycles. The van der Waals surface area contributed by atoms with Crippen LogP contribution < -0.4 is 4.72 Å². The number of benzene rings is 1. The zero-order valence-corrected chi connectivity index (χ0v) is 14.1. The molecule has 1 aromatic carbocycles. The number of aromatic nitrogens is 1. The number of nitrogens with zero attached hydrogens (tertiary/aromatic N) is 2. The maximum atomic E-state index is 12.9. The number of hydrogen-bond acceptors (Lipinski definition) is 4. The van der Waals surface area contributed by atoms with Crippen molar-refractivity contribution in [2.45, 2.75) is 19.3 Å². The van der Waals surface area contributed by atoms with Crippen LogP contribution in [0.2, 0.25) is 5.02 Å². The summed E-state index contributed by atoms with van der Waals surface area (Å²) in [6.07, 6.45) is -3.09. The molecule has 3 rings (SSSR count). The zero-order chi connectivity index (χ0) is 18.2. The van der Waals surface area contributed by atoms with Crippen LogP contribution in [0.5, 0.6) is 0 Å². The van der Waals surface area contributed by atoms with Gasteiger partial charge in [-0.15, -0.1) is 0 Å². The van der Waals surface area contributed by atoms with Crippen molar-refractivity contribution in [3.63, 3.8) is 0 Å². The summed E-state index contributed by atoms with van der Waals surface area (Å²) < 4.78 is 65.7. The molecule has 0 radical (unpaired) electrons. The minimum atomic E-state index is -4.62. The van der Waals surface area contributed by atoms with E-state index in [1.807, 2.05) is 0 Å². The number of hydrogen-bond donors (Lipinski definition) is 1. The van der Waals surface area contributed by atoms with Crippen LogP contribution in [0.25, 0.3) is 0 Å². The van der Waals surface area contributed by atoms with Gasteiger partial charge in [0, 0.05) is 18.3 Å². The summed E-state index contributed by atoms with van der Waals surface area (Å²) in [7, 11) is -3.98. The van der Waals surface area contributed by atoms with E-state index in [9.17, 15) is 21.6 Å². The van der Waals surface area contributed by atoms with Crippen LogP contribution in [0.15, 0.2) is 41.5 Å². The normalized spacial score (nSPS) is 14.3. The molecule has 25 heavy (non-hydrogen) atoms. The van der Waals surface area contributed by atoms with Crippen molar-refractivity contribution in [2.75, 3.05) is 0 Å². The molecule has 0 aliphatic carbocycles.